The minimum atomic E-state index is -3.62. The van der Waals surface area contributed by atoms with Crippen molar-refractivity contribution < 1.29 is 13.2 Å². The number of nitrogens with one attached hydrogen (secondary N) is 2. The second-order valence-electron chi connectivity index (χ2n) is 5.26. The van der Waals surface area contributed by atoms with Gasteiger partial charge < -0.3 is 5.32 Å². The lowest BCUT2D eigenvalue weighted by Gasteiger charge is -2.10. The number of sulfonamides is 1. The topological polar surface area (TPSA) is 75.3 Å². The van der Waals surface area contributed by atoms with Gasteiger partial charge in [0.25, 0.3) is 0 Å². The predicted octanol–water partition coefficient (Wildman–Crippen LogP) is 2.91. The highest BCUT2D eigenvalue weighted by atomic mass is 32.2. The Morgan fingerprint density at radius 3 is 2.91 bits per heavy atom. The Labute approximate surface area is 143 Å². The van der Waals surface area contributed by atoms with E-state index in [4.69, 9.17) is 0 Å². The molecule has 2 aromatic rings. The third-order valence-corrected chi connectivity index (χ3v) is 7.08. The zero-order valence-electron chi connectivity index (χ0n) is 12.4. The second kappa shape index (κ2) is 6.64. The normalized spacial score (nSPS) is 18.1. The molecule has 1 aliphatic rings. The molecule has 0 unspecified atom stereocenters. The van der Waals surface area contributed by atoms with Gasteiger partial charge in [-0.1, -0.05) is 13.0 Å². The molecule has 0 fully saturated rings. The molecule has 1 aliphatic heterocycles. The first-order valence-corrected chi connectivity index (χ1v) is 10.4. The quantitative estimate of drug-likeness (QED) is 0.870. The molecular formula is C15H16N2O3S3. The fraction of sp³-hybridized carbons (Fsp3) is 0.267. The van der Waals surface area contributed by atoms with Crippen molar-refractivity contribution in [1.82, 2.24) is 4.72 Å². The summed E-state index contributed by atoms with van der Waals surface area (Å²) in [6.07, 6.45) is 0. The summed E-state index contributed by atoms with van der Waals surface area (Å²) in [5.74, 6) is 0.489. The zero-order chi connectivity index (χ0) is 16.4. The van der Waals surface area contributed by atoms with E-state index in [1.807, 2.05) is 24.4 Å². The summed E-state index contributed by atoms with van der Waals surface area (Å²) in [6, 6.07) is 8.60. The van der Waals surface area contributed by atoms with Gasteiger partial charge in [0.1, 0.15) is 0 Å². The van der Waals surface area contributed by atoms with Crippen molar-refractivity contribution in [3.05, 3.63) is 40.6 Å². The van der Waals surface area contributed by atoms with Gasteiger partial charge in [-0.25, -0.2) is 13.1 Å². The van der Waals surface area contributed by atoms with Crippen LogP contribution in [0.15, 0.2) is 45.5 Å². The predicted molar refractivity (Wildman–Crippen MR) is 93.3 cm³/mol. The molecule has 0 bridgehead atoms. The number of thioether (sulfide) groups is 1. The third-order valence-electron chi connectivity index (χ3n) is 3.47. The Morgan fingerprint density at radius 1 is 1.35 bits per heavy atom. The average Bonchev–Trinajstić information content (AvgIpc) is 3.00. The maximum Gasteiger partial charge on any atom is 0.240 e. The van der Waals surface area contributed by atoms with E-state index < -0.39 is 10.0 Å². The number of hydrogen-bond acceptors (Lipinski definition) is 5. The summed E-state index contributed by atoms with van der Waals surface area (Å²) < 4.78 is 27.4. The fourth-order valence-corrected chi connectivity index (χ4v) is 4.89. The minimum absolute atomic E-state index is 0.0858. The van der Waals surface area contributed by atoms with Crippen LogP contribution in [-0.4, -0.2) is 20.1 Å². The Hall–Kier alpha value is -1.35. The Kier molecular flexibility index (Phi) is 4.77. The van der Waals surface area contributed by atoms with Crippen LogP contribution in [0.4, 0.5) is 5.69 Å². The second-order valence-corrected chi connectivity index (χ2v) is 9.12. The van der Waals surface area contributed by atoms with Gasteiger partial charge in [0.05, 0.1) is 10.6 Å². The number of carbonyl (C=O) groups is 1. The first-order chi connectivity index (χ1) is 11.0. The molecule has 3 rings (SSSR count). The summed E-state index contributed by atoms with van der Waals surface area (Å²) in [4.78, 5) is 13.9. The van der Waals surface area contributed by atoms with Crippen LogP contribution in [-0.2, 0) is 21.4 Å². The SMILES string of the molecule is C[C@@H]1CSc2ccc(S(=O)(=O)NCc3cccs3)cc2NC1=O. The number of fused-ring (bicyclic) bond motifs is 1. The lowest BCUT2D eigenvalue weighted by Crippen LogP contribution is -2.23. The molecule has 0 aliphatic carbocycles. The Morgan fingerprint density at radius 2 is 2.17 bits per heavy atom. The summed E-state index contributed by atoms with van der Waals surface area (Å²) in [7, 11) is -3.62. The first-order valence-electron chi connectivity index (χ1n) is 7.05. The van der Waals surface area contributed by atoms with Crippen LogP contribution in [0.25, 0.3) is 0 Å². The van der Waals surface area contributed by atoms with Crippen LogP contribution >= 0.6 is 23.1 Å². The van der Waals surface area contributed by atoms with Gasteiger partial charge in [0.15, 0.2) is 0 Å². The summed E-state index contributed by atoms with van der Waals surface area (Å²) >= 11 is 3.05. The first kappa shape index (κ1) is 16.5. The van der Waals surface area contributed by atoms with Gasteiger partial charge in [-0.05, 0) is 29.6 Å². The molecule has 1 atom stereocenters. The number of amides is 1. The van der Waals surface area contributed by atoms with E-state index in [1.165, 1.54) is 17.4 Å². The molecule has 8 heteroatoms. The maximum atomic E-state index is 12.4. The maximum absolute atomic E-state index is 12.4. The molecule has 2 heterocycles. The van der Waals surface area contributed by atoms with Gasteiger partial charge in [-0.15, -0.1) is 23.1 Å². The van der Waals surface area contributed by atoms with Crippen LogP contribution in [0.2, 0.25) is 0 Å². The van der Waals surface area contributed by atoms with Crippen LogP contribution < -0.4 is 10.0 Å². The largest absolute Gasteiger partial charge is 0.325 e. The number of hydrogen-bond donors (Lipinski definition) is 2. The Balaban J connectivity index is 1.83. The molecule has 0 saturated heterocycles. The molecule has 0 spiro atoms. The molecule has 2 N–H and O–H groups in total. The van der Waals surface area contributed by atoms with Gasteiger partial charge in [0, 0.05) is 28.0 Å². The zero-order valence-corrected chi connectivity index (χ0v) is 14.9. The van der Waals surface area contributed by atoms with Gasteiger partial charge in [-0.3, -0.25) is 4.79 Å². The molecule has 1 amide bonds. The lowest BCUT2D eigenvalue weighted by molar-refractivity contribution is -0.118. The van der Waals surface area contributed by atoms with Crippen molar-refractivity contribution in [2.45, 2.75) is 23.3 Å². The molecule has 5 nitrogen and oxygen atoms in total. The van der Waals surface area contributed by atoms with Crippen LogP contribution in [0, 0.1) is 5.92 Å². The monoisotopic (exact) mass is 368 g/mol. The van der Waals surface area contributed by atoms with Gasteiger partial charge in [-0.2, -0.15) is 0 Å². The van der Waals surface area contributed by atoms with Crippen LogP contribution in [0.1, 0.15) is 11.8 Å². The van der Waals surface area contributed by atoms with E-state index in [0.717, 1.165) is 9.77 Å². The molecule has 1 aromatic heterocycles. The van der Waals surface area contributed by atoms with Crippen molar-refractivity contribution in [3.63, 3.8) is 0 Å². The average molecular weight is 369 g/mol. The summed E-state index contributed by atoms with van der Waals surface area (Å²) in [5, 5.41) is 4.71. The molecule has 0 saturated carbocycles. The van der Waals surface area contributed by atoms with E-state index in [9.17, 15) is 13.2 Å². The Bertz CT molecular complexity index is 816. The fourth-order valence-electron chi connectivity index (χ4n) is 2.11. The molecule has 1 aromatic carbocycles. The van der Waals surface area contributed by atoms with Crippen molar-refractivity contribution in [3.8, 4) is 0 Å². The van der Waals surface area contributed by atoms with E-state index in [-0.39, 0.29) is 23.3 Å². The number of carbonyl (C=O) groups excluding carboxylic acids is 1. The number of anilines is 1. The number of thiophene rings is 1. The third kappa shape index (κ3) is 3.77. The highest BCUT2D eigenvalue weighted by molar-refractivity contribution is 7.99. The molecule has 0 radical (unpaired) electrons. The highest BCUT2D eigenvalue weighted by Gasteiger charge is 2.22. The molecule has 23 heavy (non-hydrogen) atoms. The highest BCUT2D eigenvalue weighted by Crippen LogP contribution is 2.34. The van der Waals surface area contributed by atoms with E-state index in [2.05, 4.69) is 10.0 Å². The van der Waals surface area contributed by atoms with E-state index >= 15 is 0 Å². The lowest BCUT2D eigenvalue weighted by atomic mass is 10.2. The van der Waals surface area contributed by atoms with Crippen molar-refractivity contribution in [2.75, 3.05) is 11.1 Å². The number of benzene rings is 1. The van der Waals surface area contributed by atoms with Crippen LogP contribution in [0.3, 0.4) is 0 Å². The van der Waals surface area contributed by atoms with Crippen LogP contribution in [0.5, 0.6) is 0 Å². The van der Waals surface area contributed by atoms with Gasteiger partial charge >= 0.3 is 0 Å². The molecular weight excluding hydrogens is 352 g/mol. The summed E-state index contributed by atoms with van der Waals surface area (Å²) in [6.45, 7) is 2.11. The molecule has 122 valence electrons. The summed E-state index contributed by atoms with van der Waals surface area (Å²) in [5.41, 5.74) is 0.559. The van der Waals surface area contributed by atoms with E-state index in [1.54, 1.807) is 23.9 Å². The van der Waals surface area contributed by atoms with Crippen molar-refractivity contribution >= 4 is 44.7 Å². The standard InChI is InChI=1S/C15H16N2O3S3/c1-10-9-22-14-5-4-12(7-13(14)17-15(10)18)23(19,20)16-8-11-3-2-6-21-11/h2-7,10,16H,8-9H2,1H3,(H,17,18)/t10-/m1/s1. The van der Waals surface area contributed by atoms with Crippen molar-refractivity contribution in [2.24, 2.45) is 5.92 Å². The smallest absolute Gasteiger partial charge is 0.240 e. The van der Waals surface area contributed by atoms with Crippen molar-refractivity contribution in [1.29, 1.82) is 0 Å². The van der Waals surface area contributed by atoms with Gasteiger partial charge in [0.2, 0.25) is 15.9 Å². The number of rotatable bonds is 4. The minimum Gasteiger partial charge on any atom is -0.325 e. The van der Waals surface area contributed by atoms with E-state index in [0.29, 0.717) is 11.4 Å².